The van der Waals surface area contributed by atoms with Crippen molar-refractivity contribution in [2.45, 2.75) is 32.2 Å². The smallest absolute Gasteiger partial charge is 0.259 e. The Hall–Kier alpha value is -2.58. The zero-order valence-electron chi connectivity index (χ0n) is 16.1. The third-order valence-corrected chi connectivity index (χ3v) is 6.46. The van der Waals surface area contributed by atoms with Gasteiger partial charge in [-0.1, -0.05) is 37.1 Å². The Kier molecular flexibility index (Phi) is 5.35. The highest BCUT2D eigenvalue weighted by atomic mass is 79.9. The summed E-state index contributed by atoms with van der Waals surface area (Å²) in [6.07, 6.45) is 6.51. The number of fused-ring (bicyclic) bond motifs is 1. The molecule has 1 amide bonds. The first kappa shape index (κ1) is 19.4. The van der Waals surface area contributed by atoms with Gasteiger partial charge in [-0.3, -0.25) is 4.79 Å². The van der Waals surface area contributed by atoms with Gasteiger partial charge in [0, 0.05) is 22.0 Å². The van der Waals surface area contributed by atoms with Crippen LogP contribution in [0.15, 0.2) is 46.4 Å². The van der Waals surface area contributed by atoms with Gasteiger partial charge in [-0.25, -0.2) is 14.0 Å². The second-order valence-electron chi connectivity index (χ2n) is 7.50. The number of pyridine rings is 1. The molecule has 151 valence electrons. The number of hydrogen-bond acceptors (Lipinski definition) is 5. The molecule has 1 aliphatic carbocycles. The maximum absolute atomic E-state index is 12.6. The summed E-state index contributed by atoms with van der Waals surface area (Å²) in [5, 5.41) is 10.2. The molecule has 1 fully saturated rings. The van der Waals surface area contributed by atoms with Gasteiger partial charge >= 0.3 is 0 Å². The molecule has 1 N–H and O–H groups in total. The molecule has 0 atom stereocenters. The molecule has 0 bridgehead atoms. The van der Waals surface area contributed by atoms with Crippen LogP contribution in [0.2, 0.25) is 0 Å². The summed E-state index contributed by atoms with van der Waals surface area (Å²) in [6, 6.07) is 12.8. The fourth-order valence-electron chi connectivity index (χ4n) is 3.50. The van der Waals surface area contributed by atoms with Crippen LogP contribution in [0.3, 0.4) is 0 Å². The Morgan fingerprint density at radius 2 is 2.17 bits per heavy atom. The minimum Gasteiger partial charge on any atom is -0.304 e. The molecule has 1 saturated carbocycles. The van der Waals surface area contributed by atoms with Crippen LogP contribution in [0.5, 0.6) is 0 Å². The lowest BCUT2D eigenvalue weighted by molar-refractivity contribution is 0.102. The van der Waals surface area contributed by atoms with Crippen LogP contribution >= 0.6 is 27.5 Å². The molecule has 3 heterocycles. The van der Waals surface area contributed by atoms with E-state index < -0.39 is 0 Å². The highest BCUT2D eigenvalue weighted by molar-refractivity contribution is 9.10. The molecule has 8 heteroatoms. The molecule has 6 nitrogen and oxygen atoms in total. The quantitative estimate of drug-likeness (QED) is 0.375. The van der Waals surface area contributed by atoms with Crippen molar-refractivity contribution in [3.63, 3.8) is 0 Å². The zero-order valence-corrected chi connectivity index (χ0v) is 18.5. The Morgan fingerprint density at radius 1 is 1.33 bits per heavy atom. The van der Waals surface area contributed by atoms with Gasteiger partial charge in [-0.15, -0.1) is 0 Å². The Balaban J connectivity index is 1.53. The first-order valence-corrected chi connectivity index (χ1v) is 11.6. The number of hydrogen-bond donors (Lipinski definition) is 1. The second-order valence-corrected chi connectivity index (χ2v) is 9.01. The summed E-state index contributed by atoms with van der Waals surface area (Å²) in [5.41, 5.74) is 3.15. The van der Waals surface area contributed by atoms with E-state index in [-0.39, 0.29) is 5.91 Å². The molecular formula is C22H19BrN5OS. The Bertz CT molecular complexity index is 1190. The minimum atomic E-state index is -0.216. The van der Waals surface area contributed by atoms with Gasteiger partial charge in [-0.05, 0) is 58.4 Å². The third kappa shape index (κ3) is 4.02. The van der Waals surface area contributed by atoms with Crippen molar-refractivity contribution in [3.05, 3.63) is 58.0 Å². The normalized spacial score (nSPS) is 13.6. The van der Waals surface area contributed by atoms with Crippen molar-refractivity contribution in [2.24, 2.45) is 5.92 Å². The van der Waals surface area contributed by atoms with E-state index in [4.69, 9.17) is 10.1 Å². The number of anilines is 1. The largest absolute Gasteiger partial charge is 0.304 e. The molecule has 0 saturated heterocycles. The molecule has 0 aliphatic heterocycles. The lowest BCUT2D eigenvalue weighted by Crippen LogP contribution is -2.12. The molecule has 1 aliphatic rings. The van der Waals surface area contributed by atoms with E-state index in [0.29, 0.717) is 11.4 Å². The average Bonchev–Trinajstić information content (AvgIpc) is 3.30. The van der Waals surface area contributed by atoms with Crippen LogP contribution < -0.4 is 5.32 Å². The fraction of sp³-hybridized carbons (Fsp3) is 0.273. The number of halogens is 1. The number of benzene rings is 1. The van der Waals surface area contributed by atoms with Crippen LogP contribution in [0.25, 0.3) is 22.3 Å². The number of nitrogens with one attached hydrogen (secondary N) is 1. The Labute approximate surface area is 186 Å². The molecule has 5 rings (SSSR count). The van der Waals surface area contributed by atoms with E-state index in [1.54, 1.807) is 11.6 Å². The van der Waals surface area contributed by atoms with Gasteiger partial charge in [0.25, 0.3) is 5.91 Å². The van der Waals surface area contributed by atoms with Crippen molar-refractivity contribution in [3.8, 4) is 11.3 Å². The number of aryl methyl sites for hydroxylation is 1. The van der Waals surface area contributed by atoms with Crippen LogP contribution in [0.1, 0.15) is 36.0 Å². The number of carbonyl (C=O) groups is 1. The lowest BCUT2D eigenvalue weighted by atomic mass is 10.1. The molecule has 0 unspecified atom stereocenters. The van der Waals surface area contributed by atoms with Crippen LogP contribution in [0.4, 0.5) is 5.82 Å². The maximum Gasteiger partial charge on any atom is 0.259 e. The maximum atomic E-state index is 12.6. The van der Waals surface area contributed by atoms with Gasteiger partial charge in [0.15, 0.2) is 11.5 Å². The van der Waals surface area contributed by atoms with Crippen molar-refractivity contribution in [1.29, 1.82) is 0 Å². The summed E-state index contributed by atoms with van der Waals surface area (Å²) < 4.78 is 6.78. The van der Waals surface area contributed by atoms with E-state index in [2.05, 4.69) is 31.7 Å². The summed E-state index contributed by atoms with van der Waals surface area (Å²) >= 11 is 4.90. The predicted molar refractivity (Wildman–Crippen MR) is 122 cm³/mol. The SMILES string of the molecule is O=C(Nc1nn(CCCC2CC2)c2nc(-c3cc[c]cc3)c(Br)cc12)c1cnsc1. The molecule has 30 heavy (non-hydrogen) atoms. The van der Waals surface area contributed by atoms with Crippen molar-refractivity contribution in [1.82, 2.24) is 19.1 Å². The van der Waals surface area contributed by atoms with E-state index >= 15 is 0 Å². The lowest BCUT2D eigenvalue weighted by Gasteiger charge is -2.07. The van der Waals surface area contributed by atoms with Crippen molar-refractivity contribution in [2.75, 3.05) is 5.32 Å². The molecule has 4 aromatic rings. The van der Waals surface area contributed by atoms with E-state index in [9.17, 15) is 4.79 Å². The van der Waals surface area contributed by atoms with E-state index in [1.165, 1.54) is 30.8 Å². The van der Waals surface area contributed by atoms with Crippen LogP contribution in [-0.2, 0) is 6.54 Å². The van der Waals surface area contributed by atoms with Gasteiger partial charge in [0.05, 0.1) is 22.8 Å². The Morgan fingerprint density at radius 3 is 2.90 bits per heavy atom. The van der Waals surface area contributed by atoms with E-state index in [0.717, 1.165) is 45.6 Å². The molecule has 0 spiro atoms. The highest BCUT2D eigenvalue weighted by Crippen LogP contribution is 2.35. The first-order valence-electron chi connectivity index (χ1n) is 9.93. The first-order chi connectivity index (χ1) is 14.7. The zero-order chi connectivity index (χ0) is 20.5. The van der Waals surface area contributed by atoms with Crippen LogP contribution in [0, 0.1) is 12.0 Å². The van der Waals surface area contributed by atoms with E-state index in [1.807, 2.05) is 35.0 Å². The summed E-state index contributed by atoms with van der Waals surface area (Å²) in [6.45, 7) is 0.777. The number of carbonyl (C=O) groups excluding carboxylic acids is 1. The van der Waals surface area contributed by atoms with Gasteiger partial charge in [0.1, 0.15) is 0 Å². The van der Waals surface area contributed by atoms with Gasteiger partial charge in [0.2, 0.25) is 0 Å². The minimum absolute atomic E-state index is 0.216. The van der Waals surface area contributed by atoms with Crippen molar-refractivity contribution >= 4 is 50.2 Å². The summed E-state index contributed by atoms with van der Waals surface area (Å²) in [5.74, 6) is 1.18. The molecular weight excluding hydrogens is 462 g/mol. The standard InChI is InChI=1S/C22H19BrN5OS/c23-18-11-17-20(26-22(29)16-12-24-30-13-16)27-28(10-4-5-14-8-9-14)21(17)25-19(18)15-6-2-1-3-7-15/h2-3,6-7,11-14H,4-5,8-10H2,(H,26,27,29). The fourth-order valence-corrected chi connectivity index (χ4v) is 4.56. The molecule has 3 aromatic heterocycles. The predicted octanol–water partition coefficient (Wildman–Crippen LogP) is 5.56. The number of amides is 1. The van der Waals surface area contributed by atoms with Gasteiger partial charge < -0.3 is 5.32 Å². The number of nitrogens with zero attached hydrogens (tertiary/aromatic N) is 4. The van der Waals surface area contributed by atoms with Crippen molar-refractivity contribution < 1.29 is 4.79 Å². The van der Waals surface area contributed by atoms with Gasteiger partial charge in [-0.2, -0.15) is 5.10 Å². The summed E-state index contributed by atoms with van der Waals surface area (Å²) in [4.78, 5) is 17.5. The highest BCUT2D eigenvalue weighted by Gasteiger charge is 2.22. The van der Waals surface area contributed by atoms with Crippen LogP contribution in [-0.4, -0.2) is 25.0 Å². The topological polar surface area (TPSA) is 72.7 Å². The molecule has 1 radical (unpaired) electrons. The monoisotopic (exact) mass is 480 g/mol. The average molecular weight is 481 g/mol. The number of aromatic nitrogens is 4. The number of rotatable bonds is 7. The third-order valence-electron chi connectivity index (χ3n) is 5.27. The second kappa shape index (κ2) is 8.28. The molecule has 1 aromatic carbocycles. The summed E-state index contributed by atoms with van der Waals surface area (Å²) in [7, 11) is 0.